The summed E-state index contributed by atoms with van der Waals surface area (Å²) >= 11 is 0. The van der Waals surface area contributed by atoms with Crippen LogP contribution in [0.5, 0.6) is 5.75 Å². The summed E-state index contributed by atoms with van der Waals surface area (Å²) in [5.74, 6) is 0.931. The standard InChI is InChI=1S/C14H22N2O/c1-12-10-16(9-8-15(12)2)11-13-4-6-14(17-3)7-5-13/h4-7,12H,8-11H2,1-3H3/t12-/m0/s1. The van der Waals surface area contributed by atoms with E-state index in [1.54, 1.807) is 7.11 Å². The SMILES string of the molecule is COc1ccc(CN2CCN(C)[C@@H](C)C2)cc1. The van der Waals surface area contributed by atoms with Crippen LogP contribution in [0.15, 0.2) is 24.3 Å². The molecule has 2 rings (SSSR count). The average Bonchev–Trinajstić information content (AvgIpc) is 2.35. The fourth-order valence-electron chi connectivity index (χ4n) is 2.26. The Kier molecular flexibility index (Phi) is 4.02. The van der Waals surface area contributed by atoms with E-state index in [0.717, 1.165) is 31.9 Å². The summed E-state index contributed by atoms with van der Waals surface area (Å²) in [5.41, 5.74) is 1.36. The first-order chi connectivity index (χ1) is 8.19. The van der Waals surface area contributed by atoms with Crippen molar-refractivity contribution in [3.8, 4) is 5.75 Å². The fourth-order valence-corrected chi connectivity index (χ4v) is 2.26. The fraction of sp³-hybridized carbons (Fsp3) is 0.571. The third-order valence-electron chi connectivity index (χ3n) is 3.61. The Hall–Kier alpha value is -1.06. The van der Waals surface area contributed by atoms with Crippen LogP contribution in [0.3, 0.4) is 0 Å². The van der Waals surface area contributed by atoms with Gasteiger partial charge in [-0.15, -0.1) is 0 Å². The second-order valence-corrected chi connectivity index (χ2v) is 4.91. The Bertz CT molecular complexity index is 350. The molecule has 0 aliphatic carbocycles. The minimum atomic E-state index is 0.655. The molecule has 1 aromatic carbocycles. The van der Waals surface area contributed by atoms with E-state index in [0.29, 0.717) is 6.04 Å². The third kappa shape index (κ3) is 3.20. The quantitative estimate of drug-likeness (QED) is 0.793. The Morgan fingerprint density at radius 3 is 2.53 bits per heavy atom. The molecule has 0 radical (unpaired) electrons. The first kappa shape index (κ1) is 12.4. The van der Waals surface area contributed by atoms with Crippen LogP contribution < -0.4 is 4.74 Å². The topological polar surface area (TPSA) is 15.7 Å². The molecule has 0 saturated carbocycles. The van der Waals surface area contributed by atoms with Gasteiger partial charge in [-0.3, -0.25) is 4.90 Å². The molecular formula is C14H22N2O. The van der Waals surface area contributed by atoms with Crippen molar-refractivity contribution in [2.75, 3.05) is 33.8 Å². The van der Waals surface area contributed by atoms with Gasteiger partial charge in [-0.05, 0) is 31.7 Å². The van der Waals surface area contributed by atoms with Crippen molar-refractivity contribution in [1.29, 1.82) is 0 Å². The first-order valence-corrected chi connectivity index (χ1v) is 6.24. The van der Waals surface area contributed by atoms with Crippen molar-refractivity contribution in [3.05, 3.63) is 29.8 Å². The molecule has 1 aliphatic heterocycles. The summed E-state index contributed by atoms with van der Waals surface area (Å²) in [6.07, 6.45) is 0. The van der Waals surface area contributed by atoms with Crippen LogP contribution in [-0.4, -0.2) is 49.6 Å². The van der Waals surface area contributed by atoms with Gasteiger partial charge >= 0.3 is 0 Å². The third-order valence-corrected chi connectivity index (χ3v) is 3.61. The van der Waals surface area contributed by atoms with Crippen LogP contribution in [0.2, 0.25) is 0 Å². The zero-order valence-electron chi connectivity index (χ0n) is 11.0. The number of ether oxygens (including phenoxy) is 1. The lowest BCUT2D eigenvalue weighted by molar-refractivity contribution is 0.1000. The van der Waals surface area contributed by atoms with Crippen molar-refractivity contribution in [1.82, 2.24) is 9.80 Å². The highest BCUT2D eigenvalue weighted by Gasteiger charge is 2.20. The van der Waals surface area contributed by atoms with Gasteiger partial charge in [0, 0.05) is 32.2 Å². The van der Waals surface area contributed by atoms with Crippen LogP contribution in [0.4, 0.5) is 0 Å². The molecule has 0 bridgehead atoms. The minimum Gasteiger partial charge on any atom is -0.497 e. The van der Waals surface area contributed by atoms with E-state index in [9.17, 15) is 0 Å². The normalized spacial score (nSPS) is 22.6. The molecule has 17 heavy (non-hydrogen) atoms. The average molecular weight is 234 g/mol. The van der Waals surface area contributed by atoms with Gasteiger partial charge in [-0.1, -0.05) is 12.1 Å². The maximum atomic E-state index is 5.17. The van der Waals surface area contributed by atoms with Gasteiger partial charge in [-0.2, -0.15) is 0 Å². The summed E-state index contributed by atoms with van der Waals surface area (Å²) in [6, 6.07) is 9.04. The van der Waals surface area contributed by atoms with E-state index in [2.05, 4.69) is 35.9 Å². The van der Waals surface area contributed by atoms with E-state index in [-0.39, 0.29) is 0 Å². The Morgan fingerprint density at radius 2 is 1.94 bits per heavy atom. The Morgan fingerprint density at radius 1 is 1.24 bits per heavy atom. The van der Waals surface area contributed by atoms with Gasteiger partial charge in [0.25, 0.3) is 0 Å². The predicted molar refractivity (Wildman–Crippen MR) is 70.4 cm³/mol. The van der Waals surface area contributed by atoms with Gasteiger partial charge in [-0.25, -0.2) is 0 Å². The van der Waals surface area contributed by atoms with Crippen molar-refractivity contribution in [2.24, 2.45) is 0 Å². The lowest BCUT2D eigenvalue weighted by Crippen LogP contribution is -2.49. The summed E-state index contributed by atoms with van der Waals surface area (Å²) < 4.78 is 5.17. The molecule has 0 amide bonds. The molecule has 1 aromatic rings. The van der Waals surface area contributed by atoms with E-state index in [1.807, 2.05) is 12.1 Å². The molecule has 0 aromatic heterocycles. The van der Waals surface area contributed by atoms with E-state index >= 15 is 0 Å². The van der Waals surface area contributed by atoms with E-state index in [1.165, 1.54) is 5.56 Å². The smallest absolute Gasteiger partial charge is 0.118 e. The van der Waals surface area contributed by atoms with Crippen molar-refractivity contribution >= 4 is 0 Å². The Balaban J connectivity index is 1.92. The van der Waals surface area contributed by atoms with E-state index in [4.69, 9.17) is 4.74 Å². The van der Waals surface area contributed by atoms with Crippen LogP contribution >= 0.6 is 0 Å². The first-order valence-electron chi connectivity index (χ1n) is 6.24. The minimum absolute atomic E-state index is 0.655. The number of piperazine rings is 1. The molecule has 3 heteroatoms. The molecule has 0 spiro atoms. The van der Waals surface area contributed by atoms with Crippen molar-refractivity contribution < 1.29 is 4.74 Å². The summed E-state index contributed by atoms with van der Waals surface area (Å²) in [5, 5.41) is 0. The maximum Gasteiger partial charge on any atom is 0.118 e. The second kappa shape index (κ2) is 5.52. The number of nitrogens with zero attached hydrogens (tertiary/aromatic N) is 2. The molecule has 3 nitrogen and oxygen atoms in total. The zero-order chi connectivity index (χ0) is 12.3. The van der Waals surface area contributed by atoms with Crippen LogP contribution in [0.25, 0.3) is 0 Å². The summed E-state index contributed by atoms with van der Waals surface area (Å²) in [7, 11) is 3.91. The van der Waals surface area contributed by atoms with Crippen molar-refractivity contribution in [2.45, 2.75) is 19.5 Å². The molecule has 0 N–H and O–H groups in total. The lowest BCUT2D eigenvalue weighted by atomic mass is 10.1. The molecule has 0 unspecified atom stereocenters. The number of methoxy groups -OCH3 is 1. The highest BCUT2D eigenvalue weighted by atomic mass is 16.5. The van der Waals surface area contributed by atoms with E-state index < -0.39 is 0 Å². The molecule has 1 heterocycles. The van der Waals surface area contributed by atoms with Gasteiger partial charge < -0.3 is 9.64 Å². The predicted octanol–water partition coefficient (Wildman–Crippen LogP) is 1.83. The summed E-state index contributed by atoms with van der Waals surface area (Å²) in [4.78, 5) is 4.94. The molecule has 1 aliphatic rings. The molecule has 94 valence electrons. The van der Waals surface area contributed by atoms with Crippen molar-refractivity contribution in [3.63, 3.8) is 0 Å². The zero-order valence-corrected chi connectivity index (χ0v) is 11.0. The monoisotopic (exact) mass is 234 g/mol. The highest BCUT2D eigenvalue weighted by molar-refractivity contribution is 5.27. The summed E-state index contributed by atoms with van der Waals surface area (Å²) in [6.45, 7) is 6.81. The van der Waals surface area contributed by atoms with Gasteiger partial charge in [0.05, 0.1) is 7.11 Å². The highest BCUT2D eigenvalue weighted by Crippen LogP contribution is 2.15. The maximum absolute atomic E-state index is 5.17. The van der Waals surface area contributed by atoms with Crippen LogP contribution in [0.1, 0.15) is 12.5 Å². The molecule has 1 fully saturated rings. The molecule has 1 saturated heterocycles. The van der Waals surface area contributed by atoms with Gasteiger partial charge in [0.15, 0.2) is 0 Å². The second-order valence-electron chi connectivity index (χ2n) is 4.91. The number of hydrogen-bond acceptors (Lipinski definition) is 3. The number of rotatable bonds is 3. The van der Waals surface area contributed by atoms with Crippen LogP contribution in [0, 0.1) is 0 Å². The number of hydrogen-bond donors (Lipinski definition) is 0. The lowest BCUT2D eigenvalue weighted by Gasteiger charge is -2.37. The van der Waals surface area contributed by atoms with Gasteiger partial charge in [0.2, 0.25) is 0 Å². The number of likely N-dealkylation sites (N-methyl/N-ethyl adjacent to an activating group) is 1. The Labute approximate surface area is 104 Å². The van der Waals surface area contributed by atoms with Gasteiger partial charge in [0.1, 0.15) is 5.75 Å². The number of benzene rings is 1. The molecule has 1 atom stereocenters. The van der Waals surface area contributed by atoms with Crippen LogP contribution in [-0.2, 0) is 6.54 Å². The molecular weight excluding hydrogens is 212 g/mol. The largest absolute Gasteiger partial charge is 0.497 e.